The number of hydrogen-bond acceptors (Lipinski definition) is 6. The van der Waals surface area contributed by atoms with E-state index >= 15 is 0 Å². The van der Waals surface area contributed by atoms with Crippen LogP contribution < -0.4 is 0 Å². The van der Waals surface area contributed by atoms with Crippen LogP contribution in [0.1, 0.15) is 29.2 Å². The second kappa shape index (κ2) is 8.12. The van der Waals surface area contributed by atoms with Crippen LogP contribution >= 0.6 is 0 Å². The van der Waals surface area contributed by atoms with Gasteiger partial charge in [0.15, 0.2) is 5.03 Å². The molecular weight excluding hydrogens is 408 g/mol. The first kappa shape index (κ1) is 21.0. The van der Waals surface area contributed by atoms with E-state index in [0.29, 0.717) is 57.9 Å². The first-order valence-electron chi connectivity index (χ1n) is 10.2. The summed E-state index contributed by atoms with van der Waals surface area (Å²) in [5.41, 5.74) is 2.74. The van der Waals surface area contributed by atoms with Gasteiger partial charge in [-0.1, -0.05) is 0 Å². The number of amides is 1. The molecule has 1 amide bonds. The van der Waals surface area contributed by atoms with Crippen LogP contribution in [0, 0.1) is 6.92 Å². The predicted molar refractivity (Wildman–Crippen MR) is 108 cm³/mol. The van der Waals surface area contributed by atoms with Gasteiger partial charge >= 0.3 is 0 Å². The van der Waals surface area contributed by atoms with E-state index in [9.17, 15) is 13.2 Å². The lowest BCUT2D eigenvalue weighted by Crippen LogP contribution is -2.40. The van der Waals surface area contributed by atoms with Crippen LogP contribution in [0.4, 0.5) is 0 Å². The van der Waals surface area contributed by atoms with Gasteiger partial charge in [0, 0.05) is 77.0 Å². The number of carbonyl (C=O) groups excluding carboxylic acids is 1. The first-order chi connectivity index (χ1) is 14.3. The van der Waals surface area contributed by atoms with Gasteiger partial charge in [-0.3, -0.25) is 9.48 Å². The Bertz CT molecular complexity index is 1030. The Morgan fingerprint density at radius 3 is 2.60 bits per heavy atom. The normalized spacial score (nSPS) is 17.9. The van der Waals surface area contributed by atoms with Gasteiger partial charge in [0.2, 0.25) is 5.91 Å². The molecule has 0 bridgehead atoms. The fourth-order valence-electron chi connectivity index (χ4n) is 4.03. The van der Waals surface area contributed by atoms with Gasteiger partial charge in [0.1, 0.15) is 5.82 Å². The number of morpholine rings is 1. The number of fused-ring (bicyclic) bond motifs is 1. The minimum absolute atomic E-state index is 0.0684. The van der Waals surface area contributed by atoms with E-state index in [1.54, 1.807) is 24.7 Å². The van der Waals surface area contributed by atoms with Crippen molar-refractivity contribution in [1.82, 2.24) is 28.5 Å². The zero-order valence-corrected chi connectivity index (χ0v) is 18.5. The van der Waals surface area contributed by atoms with Crippen LogP contribution in [0.15, 0.2) is 11.2 Å². The van der Waals surface area contributed by atoms with Crippen LogP contribution in [-0.4, -0.2) is 75.7 Å². The third-order valence-corrected chi connectivity index (χ3v) is 7.64. The van der Waals surface area contributed by atoms with Gasteiger partial charge in [-0.2, -0.15) is 9.40 Å². The highest BCUT2D eigenvalue weighted by Crippen LogP contribution is 2.27. The Kier molecular flexibility index (Phi) is 5.69. The Morgan fingerprint density at radius 1 is 1.20 bits per heavy atom. The Balaban J connectivity index is 1.51. The van der Waals surface area contributed by atoms with Crippen LogP contribution in [-0.2, 0) is 53.0 Å². The lowest BCUT2D eigenvalue weighted by Gasteiger charge is -2.27. The second-order valence-corrected chi connectivity index (χ2v) is 9.70. The van der Waals surface area contributed by atoms with Crippen LogP contribution in [0.2, 0.25) is 0 Å². The molecule has 30 heavy (non-hydrogen) atoms. The molecule has 2 aliphatic heterocycles. The maximum Gasteiger partial charge on any atom is 0.262 e. The maximum absolute atomic E-state index is 13.1. The third-order valence-electron chi connectivity index (χ3n) is 5.92. The summed E-state index contributed by atoms with van der Waals surface area (Å²) < 4.78 is 36.5. The van der Waals surface area contributed by atoms with E-state index in [4.69, 9.17) is 4.74 Å². The predicted octanol–water partition coefficient (Wildman–Crippen LogP) is 0.000420. The SMILES string of the molecule is Cc1nc(S(=O)(=O)N2CCc3c(c(CCC(=O)N4CCOCC4)nn3C)C2)cn1C. The van der Waals surface area contributed by atoms with Gasteiger partial charge in [-0.05, 0) is 6.92 Å². The van der Waals surface area contributed by atoms with Crippen LogP contribution in [0.5, 0.6) is 0 Å². The standard InChI is InChI=1S/C19H28N6O4S/c1-14-20-18(13-22(14)2)30(27,28)25-7-6-17-15(12-25)16(21-23(17)3)4-5-19(26)24-8-10-29-11-9-24/h13H,4-12H2,1-3H3. The van der Waals surface area contributed by atoms with E-state index in [0.717, 1.165) is 17.0 Å². The van der Waals surface area contributed by atoms with Crippen molar-refractivity contribution >= 4 is 15.9 Å². The fourth-order valence-corrected chi connectivity index (χ4v) is 5.46. The van der Waals surface area contributed by atoms with E-state index < -0.39 is 10.0 Å². The van der Waals surface area contributed by atoms with Gasteiger partial charge in [0.25, 0.3) is 10.0 Å². The molecule has 0 aliphatic carbocycles. The average molecular weight is 437 g/mol. The average Bonchev–Trinajstić information content (AvgIpc) is 3.26. The molecule has 4 heterocycles. The van der Waals surface area contributed by atoms with Gasteiger partial charge in [-0.25, -0.2) is 13.4 Å². The summed E-state index contributed by atoms with van der Waals surface area (Å²) >= 11 is 0. The molecule has 1 saturated heterocycles. The van der Waals surface area contributed by atoms with Gasteiger partial charge in [-0.15, -0.1) is 0 Å². The van der Waals surface area contributed by atoms with Crippen LogP contribution in [0.3, 0.4) is 0 Å². The Hall–Kier alpha value is -2.24. The number of nitrogens with zero attached hydrogens (tertiary/aromatic N) is 6. The number of aryl methyl sites for hydroxylation is 4. The maximum atomic E-state index is 13.1. The quantitative estimate of drug-likeness (QED) is 0.654. The summed E-state index contributed by atoms with van der Waals surface area (Å²) in [5, 5.41) is 4.67. The number of ether oxygens (including phenoxy) is 1. The van der Waals surface area contributed by atoms with Crippen molar-refractivity contribution in [2.75, 3.05) is 32.8 Å². The summed E-state index contributed by atoms with van der Waals surface area (Å²) in [5.74, 6) is 0.733. The van der Waals surface area contributed by atoms with E-state index in [1.165, 1.54) is 4.31 Å². The summed E-state index contributed by atoms with van der Waals surface area (Å²) in [7, 11) is -0.0355. The molecule has 0 spiro atoms. The van der Waals surface area contributed by atoms with Crippen molar-refractivity contribution in [3.8, 4) is 0 Å². The Labute approximate surface area is 176 Å². The molecule has 164 valence electrons. The number of imidazole rings is 1. The lowest BCUT2D eigenvalue weighted by molar-refractivity contribution is -0.135. The first-order valence-corrected chi connectivity index (χ1v) is 11.6. The molecule has 4 rings (SSSR count). The molecule has 0 radical (unpaired) electrons. The van der Waals surface area contributed by atoms with Crippen LogP contribution in [0.25, 0.3) is 0 Å². The number of aromatic nitrogens is 4. The zero-order chi connectivity index (χ0) is 21.5. The molecule has 0 atom stereocenters. The second-order valence-electron chi connectivity index (χ2n) is 7.81. The number of carbonyl (C=O) groups is 1. The van der Waals surface area contributed by atoms with Gasteiger partial charge < -0.3 is 14.2 Å². The van der Waals surface area contributed by atoms with Crippen molar-refractivity contribution in [1.29, 1.82) is 0 Å². The smallest absolute Gasteiger partial charge is 0.262 e. The van der Waals surface area contributed by atoms with E-state index in [1.807, 2.05) is 16.6 Å². The van der Waals surface area contributed by atoms with Crippen molar-refractivity contribution < 1.29 is 17.9 Å². The minimum Gasteiger partial charge on any atom is -0.378 e. The molecule has 0 aromatic carbocycles. The highest BCUT2D eigenvalue weighted by atomic mass is 32.2. The Morgan fingerprint density at radius 2 is 1.93 bits per heavy atom. The van der Waals surface area contributed by atoms with E-state index in [2.05, 4.69) is 10.1 Å². The van der Waals surface area contributed by atoms with Crippen molar-refractivity contribution in [2.24, 2.45) is 14.1 Å². The molecule has 2 aromatic heterocycles. The number of sulfonamides is 1. The van der Waals surface area contributed by atoms with Crippen molar-refractivity contribution in [3.63, 3.8) is 0 Å². The fraction of sp³-hybridized carbons (Fsp3) is 0.632. The monoisotopic (exact) mass is 436 g/mol. The van der Waals surface area contributed by atoms with E-state index in [-0.39, 0.29) is 17.5 Å². The molecule has 11 heteroatoms. The van der Waals surface area contributed by atoms with Crippen molar-refractivity contribution in [3.05, 3.63) is 29.0 Å². The molecule has 0 N–H and O–H groups in total. The summed E-state index contributed by atoms with van der Waals surface area (Å²) in [6, 6.07) is 0. The number of rotatable bonds is 5. The molecular formula is C19H28N6O4S. The van der Waals surface area contributed by atoms with Gasteiger partial charge in [0.05, 0.1) is 18.9 Å². The molecule has 0 unspecified atom stereocenters. The highest BCUT2D eigenvalue weighted by molar-refractivity contribution is 7.89. The molecule has 1 fully saturated rings. The summed E-state index contributed by atoms with van der Waals surface area (Å²) in [6.07, 6.45) is 2.98. The van der Waals surface area contributed by atoms with Crippen molar-refractivity contribution in [2.45, 2.75) is 37.8 Å². The number of hydrogen-bond donors (Lipinski definition) is 0. The molecule has 10 nitrogen and oxygen atoms in total. The lowest BCUT2D eigenvalue weighted by atomic mass is 10.0. The highest BCUT2D eigenvalue weighted by Gasteiger charge is 2.33. The zero-order valence-electron chi connectivity index (χ0n) is 17.7. The molecule has 2 aromatic rings. The summed E-state index contributed by atoms with van der Waals surface area (Å²) in [6.45, 7) is 4.80. The third kappa shape index (κ3) is 3.88. The molecule has 2 aliphatic rings. The molecule has 0 saturated carbocycles. The summed E-state index contributed by atoms with van der Waals surface area (Å²) in [4.78, 5) is 18.5. The minimum atomic E-state index is -3.69. The largest absolute Gasteiger partial charge is 0.378 e. The topological polar surface area (TPSA) is 103 Å².